The van der Waals surface area contributed by atoms with E-state index < -0.39 is 0 Å². The largest absolute Gasteiger partial charge is 0.328 e. The van der Waals surface area contributed by atoms with Gasteiger partial charge < -0.3 is 10.6 Å². The maximum Gasteiger partial charge on any atom is 0.00483 e. The minimum absolute atomic E-state index is 0.315. The first-order valence-electron chi connectivity index (χ1n) is 4.59. The monoisotopic (exact) mass is 158 g/mol. The highest BCUT2D eigenvalue weighted by molar-refractivity contribution is 4.67. The van der Waals surface area contributed by atoms with Crippen molar-refractivity contribution in [3.8, 4) is 0 Å². The smallest absolute Gasteiger partial charge is 0.00483 e. The van der Waals surface area contributed by atoms with E-state index in [-0.39, 0.29) is 0 Å². The molecular weight excluding hydrogens is 136 g/mol. The summed E-state index contributed by atoms with van der Waals surface area (Å²) in [5, 5.41) is 0. The van der Waals surface area contributed by atoms with E-state index in [0.29, 0.717) is 12.0 Å². The fourth-order valence-electron chi connectivity index (χ4n) is 1.06. The Morgan fingerprint density at radius 2 is 1.64 bits per heavy atom. The van der Waals surface area contributed by atoms with Crippen molar-refractivity contribution in [2.24, 2.45) is 11.7 Å². The summed E-state index contributed by atoms with van der Waals surface area (Å²) in [5.41, 5.74) is 5.77. The fourth-order valence-corrected chi connectivity index (χ4v) is 1.06. The lowest BCUT2D eigenvalue weighted by Crippen LogP contribution is -2.36. The summed E-state index contributed by atoms with van der Waals surface area (Å²) in [7, 11) is 0. The molecule has 0 aromatic rings. The molecule has 0 saturated carbocycles. The summed E-state index contributed by atoms with van der Waals surface area (Å²) < 4.78 is 0. The van der Waals surface area contributed by atoms with Crippen molar-refractivity contribution in [1.29, 1.82) is 0 Å². The first kappa shape index (κ1) is 10.9. The zero-order valence-corrected chi connectivity index (χ0v) is 8.30. The highest BCUT2D eigenvalue weighted by Crippen LogP contribution is 2.02. The van der Waals surface area contributed by atoms with Crippen LogP contribution >= 0.6 is 0 Å². The van der Waals surface area contributed by atoms with Gasteiger partial charge in [-0.05, 0) is 25.9 Å². The van der Waals surface area contributed by atoms with Gasteiger partial charge in [0.15, 0.2) is 0 Å². The average Bonchev–Trinajstić information content (AvgIpc) is 1.99. The highest BCUT2D eigenvalue weighted by Gasteiger charge is 2.10. The molecule has 0 aliphatic carbocycles. The summed E-state index contributed by atoms with van der Waals surface area (Å²) in [5.74, 6) is 0.606. The molecule has 2 unspecified atom stereocenters. The summed E-state index contributed by atoms with van der Waals surface area (Å²) >= 11 is 0. The van der Waals surface area contributed by atoms with E-state index >= 15 is 0 Å². The van der Waals surface area contributed by atoms with Crippen molar-refractivity contribution in [1.82, 2.24) is 4.90 Å². The minimum Gasteiger partial charge on any atom is -0.328 e. The summed E-state index contributed by atoms with van der Waals surface area (Å²) in [6, 6.07) is 0.315. The lowest BCUT2D eigenvalue weighted by Gasteiger charge is -2.24. The van der Waals surface area contributed by atoms with Crippen LogP contribution in [-0.2, 0) is 0 Å². The third-order valence-corrected chi connectivity index (χ3v) is 2.34. The number of nitrogens with zero attached hydrogens (tertiary/aromatic N) is 1. The van der Waals surface area contributed by atoms with E-state index in [0.717, 1.165) is 19.6 Å². The fraction of sp³-hybridized carbons (Fsp3) is 1.00. The van der Waals surface area contributed by atoms with Gasteiger partial charge in [0, 0.05) is 12.6 Å². The second kappa shape index (κ2) is 5.56. The van der Waals surface area contributed by atoms with Crippen LogP contribution in [0.5, 0.6) is 0 Å². The zero-order chi connectivity index (χ0) is 8.85. The third-order valence-electron chi connectivity index (χ3n) is 2.34. The SMILES string of the molecule is CCN(CC)CC(C)C(C)N. The quantitative estimate of drug-likeness (QED) is 0.653. The number of hydrogen-bond donors (Lipinski definition) is 1. The standard InChI is InChI=1S/C9H22N2/c1-5-11(6-2)7-8(3)9(4)10/h8-9H,5-7,10H2,1-4H3. The molecule has 0 heterocycles. The van der Waals surface area contributed by atoms with E-state index in [1.54, 1.807) is 0 Å². The van der Waals surface area contributed by atoms with Crippen molar-refractivity contribution < 1.29 is 0 Å². The first-order chi connectivity index (χ1) is 5.11. The van der Waals surface area contributed by atoms with Crippen LogP contribution in [0.3, 0.4) is 0 Å². The van der Waals surface area contributed by atoms with Crippen molar-refractivity contribution in [3.05, 3.63) is 0 Å². The van der Waals surface area contributed by atoms with Gasteiger partial charge in [-0.1, -0.05) is 20.8 Å². The molecule has 68 valence electrons. The number of hydrogen-bond acceptors (Lipinski definition) is 2. The van der Waals surface area contributed by atoms with Gasteiger partial charge in [-0.25, -0.2) is 0 Å². The predicted molar refractivity (Wildman–Crippen MR) is 50.6 cm³/mol. The van der Waals surface area contributed by atoms with E-state index in [4.69, 9.17) is 5.73 Å². The maximum atomic E-state index is 5.77. The molecule has 2 N–H and O–H groups in total. The van der Waals surface area contributed by atoms with Crippen molar-refractivity contribution in [2.75, 3.05) is 19.6 Å². The lowest BCUT2D eigenvalue weighted by atomic mass is 10.0. The van der Waals surface area contributed by atoms with Crippen LogP contribution in [0.25, 0.3) is 0 Å². The molecule has 0 saturated heterocycles. The Morgan fingerprint density at radius 1 is 1.18 bits per heavy atom. The van der Waals surface area contributed by atoms with Crippen molar-refractivity contribution in [3.63, 3.8) is 0 Å². The molecule has 2 atom stereocenters. The normalized spacial score (nSPS) is 16.9. The van der Waals surface area contributed by atoms with Crippen LogP contribution < -0.4 is 5.73 Å². The second-order valence-electron chi connectivity index (χ2n) is 3.32. The summed E-state index contributed by atoms with van der Waals surface area (Å²) in [6.45, 7) is 12.1. The molecule has 0 aromatic carbocycles. The van der Waals surface area contributed by atoms with Gasteiger partial charge in [-0.2, -0.15) is 0 Å². The average molecular weight is 158 g/mol. The molecule has 0 radical (unpaired) electrons. The predicted octanol–water partition coefficient (Wildman–Crippen LogP) is 1.31. The Hall–Kier alpha value is -0.0800. The minimum atomic E-state index is 0.315. The molecular formula is C9H22N2. The molecule has 11 heavy (non-hydrogen) atoms. The lowest BCUT2D eigenvalue weighted by molar-refractivity contribution is 0.246. The Kier molecular flexibility index (Phi) is 5.51. The van der Waals surface area contributed by atoms with Gasteiger partial charge in [-0.3, -0.25) is 0 Å². The van der Waals surface area contributed by atoms with Crippen LogP contribution in [0, 0.1) is 5.92 Å². The number of nitrogens with two attached hydrogens (primary N) is 1. The van der Waals surface area contributed by atoms with Crippen LogP contribution in [0.1, 0.15) is 27.7 Å². The molecule has 0 amide bonds. The first-order valence-corrected chi connectivity index (χ1v) is 4.59. The summed E-state index contributed by atoms with van der Waals surface area (Å²) in [4.78, 5) is 2.41. The molecule has 0 spiro atoms. The van der Waals surface area contributed by atoms with Gasteiger partial charge in [0.25, 0.3) is 0 Å². The van der Waals surface area contributed by atoms with Crippen LogP contribution in [0.2, 0.25) is 0 Å². The molecule has 0 aliphatic rings. The molecule has 0 rings (SSSR count). The Morgan fingerprint density at radius 3 is 1.91 bits per heavy atom. The Balaban J connectivity index is 3.62. The third kappa shape index (κ3) is 4.38. The Labute approximate surface area is 70.8 Å². The molecule has 0 aliphatic heterocycles. The van der Waals surface area contributed by atoms with Crippen LogP contribution in [0.4, 0.5) is 0 Å². The van der Waals surface area contributed by atoms with E-state index in [1.807, 2.05) is 0 Å². The topological polar surface area (TPSA) is 29.3 Å². The van der Waals surface area contributed by atoms with Crippen molar-refractivity contribution in [2.45, 2.75) is 33.7 Å². The highest BCUT2D eigenvalue weighted by atomic mass is 15.1. The molecule has 2 heteroatoms. The Bertz CT molecular complexity index is 87.6. The van der Waals surface area contributed by atoms with E-state index in [2.05, 4.69) is 32.6 Å². The molecule has 2 nitrogen and oxygen atoms in total. The van der Waals surface area contributed by atoms with Gasteiger partial charge in [0.05, 0.1) is 0 Å². The molecule has 0 bridgehead atoms. The van der Waals surface area contributed by atoms with Gasteiger partial charge >= 0.3 is 0 Å². The summed E-state index contributed by atoms with van der Waals surface area (Å²) in [6.07, 6.45) is 0. The van der Waals surface area contributed by atoms with Crippen molar-refractivity contribution >= 4 is 0 Å². The zero-order valence-electron chi connectivity index (χ0n) is 8.30. The molecule has 0 aromatic heterocycles. The van der Waals surface area contributed by atoms with Crippen LogP contribution in [0.15, 0.2) is 0 Å². The second-order valence-corrected chi connectivity index (χ2v) is 3.32. The van der Waals surface area contributed by atoms with Gasteiger partial charge in [-0.15, -0.1) is 0 Å². The number of rotatable bonds is 5. The van der Waals surface area contributed by atoms with E-state index in [1.165, 1.54) is 0 Å². The van der Waals surface area contributed by atoms with Crippen LogP contribution in [-0.4, -0.2) is 30.6 Å². The maximum absolute atomic E-state index is 5.77. The van der Waals surface area contributed by atoms with E-state index in [9.17, 15) is 0 Å². The van der Waals surface area contributed by atoms with Gasteiger partial charge in [0.2, 0.25) is 0 Å². The van der Waals surface area contributed by atoms with Gasteiger partial charge in [0.1, 0.15) is 0 Å². The molecule has 0 fully saturated rings.